The van der Waals surface area contributed by atoms with Crippen LogP contribution in [0.25, 0.3) is 0 Å². The molecule has 1 saturated heterocycles. The molecular formula is C9H15N2O2. The predicted molar refractivity (Wildman–Crippen MR) is 48.1 cm³/mol. The summed E-state index contributed by atoms with van der Waals surface area (Å²) in [5, 5.41) is 3.77. The Kier molecular flexibility index (Phi) is 2.90. The van der Waals surface area contributed by atoms with Gasteiger partial charge in [0, 0.05) is 19.5 Å². The van der Waals surface area contributed by atoms with Crippen molar-refractivity contribution in [3.05, 3.63) is 0 Å². The first-order chi connectivity index (χ1) is 6.04. The third-order valence-corrected chi connectivity index (χ3v) is 2.21. The van der Waals surface area contributed by atoms with Crippen molar-refractivity contribution in [1.29, 1.82) is 0 Å². The molecule has 0 spiro atoms. The molecule has 1 aliphatic rings. The van der Waals surface area contributed by atoms with Gasteiger partial charge in [-0.1, -0.05) is 0 Å². The van der Waals surface area contributed by atoms with Crippen LogP contribution in [0, 0.1) is 0 Å². The maximum Gasteiger partial charge on any atom is 0.264 e. The first-order valence-electron chi connectivity index (χ1n) is 4.54. The SMILES string of the molecule is CC(=O)N(C(C)C)C1CC[N]C1=O. The molecule has 4 heteroatoms. The second-order valence-corrected chi connectivity index (χ2v) is 3.54. The third-order valence-electron chi connectivity index (χ3n) is 2.21. The Morgan fingerprint density at radius 1 is 1.62 bits per heavy atom. The van der Waals surface area contributed by atoms with Crippen LogP contribution in [0.2, 0.25) is 0 Å². The van der Waals surface area contributed by atoms with Crippen molar-refractivity contribution in [3.63, 3.8) is 0 Å². The molecule has 2 amide bonds. The molecule has 73 valence electrons. The van der Waals surface area contributed by atoms with E-state index >= 15 is 0 Å². The maximum atomic E-state index is 11.3. The highest BCUT2D eigenvalue weighted by Gasteiger charge is 2.34. The van der Waals surface area contributed by atoms with Crippen LogP contribution in [0.4, 0.5) is 0 Å². The Hall–Kier alpha value is -1.06. The second-order valence-electron chi connectivity index (χ2n) is 3.54. The Bertz CT molecular complexity index is 226. The highest BCUT2D eigenvalue weighted by molar-refractivity contribution is 5.88. The molecule has 0 bridgehead atoms. The van der Waals surface area contributed by atoms with Gasteiger partial charge in [-0.3, -0.25) is 9.59 Å². The fourth-order valence-corrected chi connectivity index (χ4v) is 1.73. The topological polar surface area (TPSA) is 51.5 Å². The van der Waals surface area contributed by atoms with Crippen molar-refractivity contribution in [1.82, 2.24) is 10.2 Å². The van der Waals surface area contributed by atoms with Crippen LogP contribution in [-0.2, 0) is 9.59 Å². The molecule has 0 aliphatic carbocycles. The molecule has 0 aromatic heterocycles. The summed E-state index contributed by atoms with van der Waals surface area (Å²) in [5.74, 6) is -0.200. The molecule has 1 unspecified atom stereocenters. The second kappa shape index (κ2) is 3.77. The van der Waals surface area contributed by atoms with E-state index in [0.29, 0.717) is 13.0 Å². The summed E-state index contributed by atoms with van der Waals surface area (Å²) in [4.78, 5) is 24.1. The summed E-state index contributed by atoms with van der Waals surface area (Å²) in [7, 11) is 0. The average Bonchev–Trinajstić information content (AvgIpc) is 2.35. The van der Waals surface area contributed by atoms with E-state index in [4.69, 9.17) is 0 Å². The lowest BCUT2D eigenvalue weighted by Gasteiger charge is -2.29. The lowest BCUT2D eigenvalue weighted by molar-refractivity contribution is -0.139. The Morgan fingerprint density at radius 3 is 2.54 bits per heavy atom. The molecule has 1 fully saturated rings. The van der Waals surface area contributed by atoms with Crippen molar-refractivity contribution in [2.75, 3.05) is 6.54 Å². The Labute approximate surface area is 78.3 Å². The summed E-state index contributed by atoms with van der Waals surface area (Å²) < 4.78 is 0. The van der Waals surface area contributed by atoms with Gasteiger partial charge < -0.3 is 4.90 Å². The Morgan fingerprint density at radius 2 is 2.23 bits per heavy atom. The van der Waals surface area contributed by atoms with E-state index in [1.54, 1.807) is 4.90 Å². The molecule has 4 nitrogen and oxygen atoms in total. The summed E-state index contributed by atoms with van der Waals surface area (Å²) >= 11 is 0. The van der Waals surface area contributed by atoms with E-state index < -0.39 is 0 Å². The van der Waals surface area contributed by atoms with Crippen molar-refractivity contribution in [2.24, 2.45) is 0 Å². The van der Waals surface area contributed by atoms with E-state index in [1.807, 2.05) is 13.8 Å². The molecule has 1 aliphatic heterocycles. The molecule has 1 rings (SSSR count). The highest BCUT2D eigenvalue weighted by Crippen LogP contribution is 2.14. The average molecular weight is 183 g/mol. The molecule has 13 heavy (non-hydrogen) atoms. The van der Waals surface area contributed by atoms with E-state index in [0.717, 1.165) is 0 Å². The molecule has 1 radical (unpaired) electrons. The van der Waals surface area contributed by atoms with Crippen LogP contribution in [0.1, 0.15) is 27.2 Å². The lowest BCUT2D eigenvalue weighted by atomic mass is 10.1. The van der Waals surface area contributed by atoms with Gasteiger partial charge in [0.1, 0.15) is 6.04 Å². The maximum absolute atomic E-state index is 11.3. The van der Waals surface area contributed by atoms with Crippen molar-refractivity contribution in [3.8, 4) is 0 Å². The largest absolute Gasteiger partial charge is 0.328 e. The molecule has 1 atom stereocenters. The zero-order chi connectivity index (χ0) is 10.0. The zero-order valence-corrected chi connectivity index (χ0v) is 8.28. The highest BCUT2D eigenvalue weighted by atomic mass is 16.2. The summed E-state index contributed by atoms with van der Waals surface area (Å²) in [5.41, 5.74) is 0. The Balaban J connectivity index is 2.75. The summed E-state index contributed by atoms with van der Waals surface area (Å²) in [6.07, 6.45) is 0.677. The number of hydrogen-bond acceptors (Lipinski definition) is 2. The molecule has 0 saturated carbocycles. The van der Waals surface area contributed by atoms with Gasteiger partial charge in [-0.15, -0.1) is 0 Å². The smallest absolute Gasteiger partial charge is 0.264 e. The van der Waals surface area contributed by atoms with Gasteiger partial charge >= 0.3 is 0 Å². The molecule has 0 N–H and O–H groups in total. The fourth-order valence-electron chi connectivity index (χ4n) is 1.73. The van der Waals surface area contributed by atoms with Crippen LogP contribution in [-0.4, -0.2) is 35.3 Å². The van der Waals surface area contributed by atoms with Gasteiger partial charge in [0.25, 0.3) is 5.91 Å². The summed E-state index contributed by atoms with van der Waals surface area (Å²) in [6.45, 7) is 5.87. The first-order valence-corrected chi connectivity index (χ1v) is 4.54. The van der Waals surface area contributed by atoms with Crippen LogP contribution in [0.3, 0.4) is 0 Å². The number of carbonyl (C=O) groups excluding carboxylic acids is 2. The number of amides is 2. The minimum Gasteiger partial charge on any atom is -0.328 e. The van der Waals surface area contributed by atoms with E-state index in [-0.39, 0.29) is 23.9 Å². The number of carbonyl (C=O) groups is 2. The van der Waals surface area contributed by atoms with Crippen molar-refractivity contribution in [2.45, 2.75) is 39.3 Å². The van der Waals surface area contributed by atoms with Gasteiger partial charge in [0.2, 0.25) is 5.91 Å². The normalized spacial score (nSPS) is 21.8. The van der Waals surface area contributed by atoms with Crippen molar-refractivity contribution < 1.29 is 9.59 Å². The van der Waals surface area contributed by atoms with Crippen LogP contribution >= 0.6 is 0 Å². The molecular weight excluding hydrogens is 168 g/mol. The lowest BCUT2D eigenvalue weighted by Crippen LogP contribution is -2.46. The van der Waals surface area contributed by atoms with Gasteiger partial charge in [0.05, 0.1) is 0 Å². The minimum absolute atomic E-state index is 0.0505. The fraction of sp³-hybridized carbons (Fsp3) is 0.778. The third kappa shape index (κ3) is 1.99. The standard InChI is InChI=1S/C9H15N2O2/c1-6(2)11(7(3)12)8-4-5-10-9(8)13/h6,8H,4-5H2,1-3H3. The van der Waals surface area contributed by atoms with E-state index in [1.165, 1.54) is 6.92 Å². The van der Waals surface area contributed by atoms with E-state index in [9.17, 15) is 9.59 Å². The number of nitrogens with zero attached hydrogens (tertiary/aromatic N) is 2. The van der Waals surface area contributed by atoms with Crippen molar-refractivity contribution >= 4 is 11.8 Å². The number of rotatable bonds is 2. The van der Waals surface area contributed by atoms with E-state index in [2.05, 4.69) is 5.32 Å². The van der Waals surface area contributed by atoms with Gasteiger partial charge in [-0.2, -0.15) is 0 Å². The van der Waals surface area contributed by atoms with Crippen LogP contribution in [0.5, 0.6) is 0 Å². The summed E-state index contributed by atoms with van der Waals surface area (Å²) in [6, 6.07) is -0.239. The zero-order valence-electron chi connectivity index (χ0n) is 8.28. The van der Waals surface area contributed by atoms with Gasteiger partial charge in [0.15, 0.2) is 0 Å². The molecule has 1 heterocycles. The molecule has 0 aromatic carbocycles. The predicted octanol–water partition coefficient (Wildman–Crippen LogP) is 0.147. The van der Waals surface area contributed by atoms with Gasteiger partial charge in [-0.25, -0.2) is 5.32 Å². The number of hydrogen-bond donors (Lipinski definition) is 0. The minimum atomic E-state index is -0.308. The monoisotopic (exact) mass is 183 g/mol. The van der Waals surface area contributed by atoms with Gasteiger partial charge in [-0.05, 0) is 20.3 Å². The molecule has 0 aromatic rings. The first kappa shape index (κ1) is 10.0. The quantitative estimate of drug-likeness (QED) is 0.611. The van der Waals surface area contributed by atoms with Crippen LogP contribution in [0.15, 0.2) is 0 Å². The van der Waals surface area contributed by atoms with Crippen LogP contribution < -0.4 is 5.32 Å².